The Balaban J connectivity index is 2.03. The summed E-state index contributed by atoms with van der Waals surface area (Å²) in [6.07, 6.45) is -0.820. The Hall–Kier alpha value is -3.35. The number of nitrogens with zero attached hydrogens (tertiary/aromatic N) is 4. The van der Waals surface area contributed by atoms with E-state index >= 15 is 0 Å². The molecule has 37 heavy (non-hydrogen) atoms. The van der Waals surface area contributed by atoms with Gasteiger partial charge in [-0.05, 0) is 43.9 Å². The fourth-order valence-electron chi connectivity index (χ4n) is 4.31. The van der Waals surface area contributed by atoms with E-state index in [0.717, 1.165) is 4.90 Å². The molecule has 0 radical (unpaired) electrons. The molecule has 1 aromatic carbocycles. The lowest BCUT2D eigenvalue weighted by Crippen LogP contribution is -2.43. The number of amides is 2. The molecule has 0 saturated carbocycles. The number of ether oxygens (including phenoxy) is 1. The quantitative estimate of drug-likeness (QED) is 0.379. The van der Waals surface area contributed by atoms with Crippen LogP contribution in [0.1, 0.15) is 54.7 Å². The Morgan fingerprint density at radius 3 is 2.59 bits per heavy atom. The van der Waals surface area contributed by atoms with E-state index in [-0.39, 0.29) is 30.4 Å². The highest BCUT2D eigenvalue weighted by Gasteiger charge is 2.39. The van der Waals surface area contributed by atoms with Crippen LogP contribution in [0.3, 0.4) is 0 Å². The zero-order chi connectivity index (χ0) is 27.7. The van der Waals surface area contributed by atoms with Gasteiger partial charge in [0, 0.05) is 34.8 Å². The number of aryl methyl sites for hydroxylation is 1. The number of fused-ring (bicyclic) bond motifs is 1. The number of nitrogens with one attached hydrogen (secondary N) is 1. The summed E-state index contributed by atoms with van der Waals surface area (Å²) < 4.78 is 20.4. The highest BCUT2D eigenvalue weighted by molar-refractivity contribution is 6.34. The van der Waals surface area contributed by atoms with Crippen molar-refractivity contribution in [3.8, 4) is 5.75 Å². The van der Waals surface area contributed by atoms with Crippen LogP contribution in [0.15, 0.2) is 23.0 Å². The molecule has 0 spiro atoms. The molecule has 12 heteroatoms. The van der Waals surface area contributed by atoms with Gasteiger partial charge in [0.1, 0.15) is 17.3 Å². The first-order chi connectivity index (χ1) is 17.3. The molecule has 202 valence electrons. The number of rotatable bonds is 6. The van der Waals surface area contributed by atoms with Gasteiger partial charge in [-0.1, -0.05) is 12.1 Å². The summed E-state index contributed by atoms with van der Waals surface area (Å²) in [7, 11) is 5.86. The molecule has 3 N–H and O–H groups in total. The number of aromatic nitrogens is 2. The van der Waals surface area contributed by atoms with Crippen LogP contribution in [0.5, 0.6) is 5.75 Å². The van der Waals surface area contributed by atoms with Crippen LogP contribution in [0.4, 0.5) is 4.39 Å². The predicted molar refractivity (Wildman–Crippen MR) is 132 cm³/mol. The molecule has 0 bridgehead atoms. The molecule has 0 aliphatic carbocycles. The molecule has 1 aliphatic heterocycles. The van der Waals surface area contributed by atoms with Gasteiger partial charge in [-0.25, -0.2) is 9.37 Å². The second-order valence-electron chi connectivity index (χ2n) is 9.79. The van der Waals surface area contributed by atoms with E-state index in [1.54, 1.807) is 26.0 Å². The molecule has 0 saturated heterocycles. The Morgan fingerprint density at radius 1 is 1.32 bits per heavy atom. The van der Waals surface area contributed by atoms with Gasteiger partial charge in [-0.15, -0.1) is 0 Å². The molecule has 2 aromatic rings. The van der Waals surface area contributed by atoms with Crippen molar-refractivity contribution in [2.24, 2.45) is 0 Å². The van der Waals surface area contributed by atoms with Crippen molar-refractivity contribution in [3.63, 3.8) is 0 Å². The lowest BCUT2D eigenvalue weighted by atomic mass is 9.98. The molecule has 3 unspecified atom stereocenters. The van der Waals surface area contributed by atoms with Crippen LogP contribution in [-0.2, 0) is 27.4 Å². The maximum absolute atomic E-state index is 13.6. The SMILES string of the molecule is COC1(C)CCC(N(C)C(=O)C(=O)N(C)C)c2nc(C(O)NCc3ccc(F)c(C)c3)c(O)c(=O)n2C1. The van der Waals surface area contributed by atoms with E-state index in [2.05, 4.69) is 10.3 Å². The van der Waals surface area contributed by atoms with Crippen molar-refractivity contribution >= 4 is 11.8 Å². The van der Waals surface area contributed by atoms with Crippen LogP contribution in [0.2, 0.25) is 0 Å². The van der Waals surface area contributed by atoms with Crippen molar-refractivity contribution in [1.29, 1.82) is 0 Å². The van der Waals surface area contributed by atoms with Gasteiger partial charge in [0.05, 0.1) is 18.2 Å². The van der Waals surface area contributed by atoms with Crippen LogP contribution < -0.4 is 10.9 Å². The predicted octanol–water partition coefficient (Wildman–Crippen LogP) is 0.964. The average molecular weight is 520 g/mol. The highest BCUT2D eigenvalue weighted by Crippen LogP contribution is 2.34. The van der Waals surface area contributed by atoms with Gasteiger partial charge in [-0.2, -0.15) is 0 Å². The Kier molecular flexibility index (Phi) is 8.35. The number of methoxy groups -OCH3 is 1. The summed E-state index contributed by atoms with van der Waals surface area (Å²) >= 11 is 0. The topological polar surface area (TPSA) is 137 Å². The third kappa shape index (κ3) is 5.81. The Labute approximate surface area is 214 Å². The van der Waals surface area contributed by atoms with E-state index in [1.165, 1.54) is 43.8 Å². The number of benzene rings is 1. The number of carbonyl (C=O) groups excluding carboxylic acids is 2. The summed E-state index contributed by atoms with van der Waals surface area (Å²) in [5.74, 6) is -2.54. The van der Waals surface area contributed by atoms with E-state index in [1.807, 2.05) is 0 Å². The fourth-order valence-corrected chi connectivity index (χ4v) is 4.31. The van der Waals surface area contributed by atoms with Gasteiger partial charge in [-0.3, -0.25) is 24.3 Å². The zero-order valence-corrected chi connectivity index (χ0v) is 21.9. The van der Waals surface area contributed by atoms with Crippen molar-refractivity contribution in [2.75, 3.05) is 28.3 Å². The maximum Gasteiger partial charge on any atom is 0.312 e. The van der Waals surface area contributed by atoms with E-state index in [4.69, 9.17) is 4.74 Å². The first-order valence-electron chi connectivity index (χ1n) is 11.8. The first kappa shape index (κ1) is 28.2. The molecule has 0 fully saturated rings. The van der Waals surface area contributed by atoms with Gasteiger partial charge in [0.2, 0.25) is 5.75 Å². The molecule has 1 aliphatic rings. The van der Waals surface area contributed by atoms with Crippen molar-refractivity contribution < 1.29 is 28.9 Å². The smallest absolute Gasteiger partial charge is 0.312 e. The van der Waals surface area contributed by atoms with Crippen LogP contribution in [0.25, 0.3) is 0 Å². The third-order valence-electron chi connectivity index (χ3n) is 6.79. The second-order valence-corrected chi connectivity index (χ2v) is 9.79. The standard InChI is InChI=1S/C25H34FN5O6/c1-14-11-15(7-8-16(14)26)12-27-21(33)18-19(32)22(34)31-13-25(2,37-6)10-9-17(20(31)28-18)30(5)24(36)23(35)29(3)4/h7-8,11,17,21,27,32-33H,9-10,12-13H2,1-6H3. The third-order valence-corrected chi connectivity index (χ3v) is 6.79. The number of carbonyl (C=O) groups is 2. The molecular weight excluding hydrogens is 485 g/mol. The zero-order valence-electron chi connectivity index (χ0n) is 21.9. The molecule has 11 nitrogen and oxygen atoms in total. The fraction of sp³-hybridized carbons (Fsp3) is 0.520. The minimum Gasteiger partial charge on any atom is -0.502 e. The summed E-state index contributed by atoms with van der Waals surface area (Å²) in [5, 5.41) is 24.3. The highest BCUT2D eigenvalue weighted by atomic mass is 19.1. The second kappa shape index (κ2) is 11.0. The van der Waals surface area contributed by atoms with Gasteiger partial charge in [0.25, 0.3) is 5.56 Å². The van der Waals surface area contributed by atoms with E-state index in [0.29, 0.717) is 24.0 Å². The Bertz CT molecular complexity index is 1250. The van der Waals surface area contributed by atoms with Crippen molar-refractivity contribution in [3.05, 3.63) is 57.0 Å². The molecule has 2 heterocycles. The van der Waals surface area contributed by atoms with Crippen molar-refractivity contribution in [2.45, 2.75) is 57.6 Å². The molecule has 3 atom stereocenters. The number of halogens is 1. The minimum absolute atomic E-state index is 0.0387. The lowest BCUT2D eigenvalue weighted by molar-refractivity contribution is -0.151. The normalized spacial score (nSPS) is 20.1. The summed E-state index contributed by atoms with van der Waals surface area (Å²) in [6.45, 7) is 3.55. The monoisotopic (exact) mass is 519 g/mol. The first-order valence-corrected chi connectivity index (χ1v) is 11.8. The molecule has 3 rings (SSSR count). The maximum atomic E-state index is 13.6. The molecule has 2 amide bonds. The number of aromatic hydroxyl groups is 1. The summed E-state index contributed by atoms with van der Waals surface area (Å²) in [4.78, 5) is 45.3. The van der Waals surface area contributed by atoms with Gasteiger partial charge >= 0.3 is 11.8 Å². The van der Waals surface area contributed by atoms with Crippen LogP contribution >= 0.6 is 0 Å². The number of hydrogen-bond donors (Lipinski definition) is 3. The molecular formula is C25H34FN5O6. The van der Waals surface area contributed by atoms with Crippen LogP contribution in [0, 0.1) is 12.7 Å². The van der Waals surface area contributed by atoms with E-state index < -0.39 is 41.0 Å². The van der Waals surface area contributed by atoms with Crippen molar-refractivity contribution in [1.82, 2.24) is 24.7 Å². The lowest BCUT2D eigenvalue weighted by Gasteiger charge is -2.29. The Morgan fingerprint density at radius 2 is 2.00 bits per heavy atom. The van der Waals surface area contributed by atoms with Crippen LogP contribution in [-0.4, -0.2) is 75.2 Å². The number of likely N-dealkylation sites (N-methyl/N-ethyl adjacent to an activating group) is 2. The largest absolute Gasteiger partial charge is 0.502 e. The van der Waals surface area contributed by atoms with Gasteiger partial charge < -0.3 is 24.7 Å². The van der Waals surface area contributed by atoms with E-state index in [9.17, 15) is 29.0 Å². The summed E-state index contributed by atoms with van der Waals surface area (Å²) in [5.41, 5.74) is -0.836. The number of hydrogen-bond acceptors (Lipinski definition) is 8. The van der Waals surface area contributed by atoms with Gasteiger partial charge in [0.15, 0.2) is 6.23 Å². The number of aliphatic hydroxyl groups excluding tert-OH is 1. The molecule has 1 aromatic heterocycles. The number of aliphatic hydroxyl groups is 1. The minimum atomic E-state index is -1.55. The summed E-state index contributed by atoms with van der Waals surface area (Å²) in [6, 6.07) is 3.65. The average Bonchev–Trinajstić information content (AvgIpc) is 3.02.